The highest BCUT2D eigenvalue weighted by Gasteiger charge is 2.34. The molecule has 2 aromatic rings. The first-order valence-electron chi connectivity index (χ1n) is 9.80. The fourth-order valence-corrected chi connectivity index (χ4v) is 3.78. The Morgan fingerprint density at radius 2 is 1.69 bits per heavy atom. The predicted molar refractivity (Wildman–Crippen MR) is 118 cm³/mol. The molecule has 0 aromatic heterocycles. The van der Waals surface area contributed by atoms with Gasteiger partial charge in [0, 0.05) is 50.1 Å². The average Bonchev–Trinajstić information content (AvgIpc) is 3.09. The Morgan fingerprint density at radius 1 is 1.07 bits per heavy atom. The first kappa shape index (κ1) is 22.9. The Balaban J connectivity index is 0.00000300. The van der Waals surface area contributed by atoms with Crippen LogP contribution in [-0.4, -0.2) is 47.8 Å². The SMILES string of the molecule is CC(C)C(=O)N(C)Cc1ccc(C(=O)N2C[C@@H](N)[C@H](c3ccccc3)C2)cc1.Cl. The number of amides is 2. The quantitative estimate of drug-likeness (QED) is 0.814. The van der Waals surface area contributed by atoms with E-state index in [0.717, 1.165) is 5.56 Å². The van der Waals surface area contributed by atoms with Gasteiger partial charge >= 0.3 is 0 Å². The highest BCUT2D eigenvalue weighted by Crippen LogP contribution is 2.27. The molecule has 1 aliphatic heterocycles. The summed E-state index contributed by atoms with van der Waals surface area (Å²) in [5.41, 5.74) is 9.16. The van der Waals surface area contributed by atoms with E-state index < -0.39 is 0 Å². The van der Waals surface area contributed by atoms with Crippen LogP contribution in [0.5, 0.6) is 0 Å². The summed E-state index contributed by atoms with van der Waals surface area (Å²) in [6, 6.07) is 17.6. The van der Waals surface area contributed by atoms with E-state index in [0.29, 0.717) is 25.2 Å². The summed E-state index contributed by atoms with van der Waals surface area (Å²) >= 11 is 0. The standard InChI is InChI=1S/C23H29N3O2.ClH/c1-16(2)22(27)25(3)13-17-9-11-19(12-10-17)23(28)26-14-20(21(24)15-26)18-7-5-4-6-8-18;/h4-12,16,20-21H,13-15,24H2,1-3H3;1H/t20-,21+;/m0./s1. The minimum atomic E-state index is -0.0543. The molecule has 156 valence electrons. The summed E-state index contributed by atoms with van der Waals surface area (Å²) in [5.74, 6) is 0.258. The van der Waals surface area contributed by atoms with Crippen molar-refractivity contribution in [2.45, 2.75) is 32.4 Å². The van der Waals surface area contributed by atoms with Gasteiger partial charge in [0.05, 0.1) is 0 Å². The highest BCUT2D eigenvalue weighted by atomic mass is 35.5. The molecule has 5 nitrogen and oxygen atoms in total. The van der Waals surface area contributed by atoms with Crippen LogP contribution in [0, 0.1) is 5.92 Å². The molecule has 2 amide bonds. The van der Waals surface area contributed by atoms with Gasteiger partial charge in [-0.2, -0.15) is 0 Å². The van der Waals surface area contributed by atoms with Crippen LogP contribution in [0.15, 0.2) is 54.6 Å². The van der Waals surface area contributed by atoms with E-state index in [9.17, 15) is 9.59 Å². The van der Waals surface area contributed by atoms with Gasteiger partial charge < -0.3 is 15.5 Å². The molecule has 0 radical (unpaired) electrons. The third kappa shape index (κ3) is 5.37. The monoisotopic (exact) mass is 415 g/mol. The van der Waals surface area contributed by atoms with Gasteiger partial charge in [-0.3, -0.25) is 9.59 Å². The lowest BCUT2D eigenvalue weighted by Gasteiger charge is -2.20. The number of nitrogens with zero attached hydrogens (tertiary/aromatic N) is 2. The van der Waals surface area contributed by atoms with Gasteiger partial charge in [-0.25, -0.2) is 0 Å². The van der Waals surface area contributed by atoms with Crippen LogP contribution >= 0.6 is 12.4 Å². The number of carbonyl (C=O) groups is 2. The zero-order valence-corrected chi connectivity index (χ0v) is 18.1. The third-order valence-electron chi connectivity index (χ3n) is 5.37. The van der Waals surface area contributed by atoms with Gasteiger partial charge in [0.15, 0.2) is 0 Å². The van der Waals surface area contributed by atoms with E-state index in [2.05, 4.69) is 12.1 Å². The molecule has 0 bridgehead atoms. The van der Waals surface area contributed by atoms with Crippen molar-refractivity contribution in [1.29, 1.82) is 0 Å². The number of halogens is 1. The van der Waals surface area contributed by atoms with Crippen molar-refractivity contribution >= 4 is 24.2 Å². The van der Waals surface area contributed by atoms with E-state index in [1.54, 1.807) is 11.9 Å². The normalized spacial score (nSPS) is 18.4. The maximum Gasteiger partial charge on any atom is 0.253 e. The van der Waals surface area contributed by atoms with Gasteiger partial charge in [0.1, 0.15) is 0 Å². The molecule has 0 spiro atoms. The van der Waals surface area contributed by atoms with Gasteiger partial charge in [0.2, 0.25) is 5.91 Å². The minimum absolute atomic E-state index is 0. The lowest BCUT2D eigenvalue weighted by molar-refractivity contribution is -0.133. The first-order valence-corrected chi connectivity index (χ1v) is 9.80. The van der Waals surface area contributed by atoms with Crippen molar-refractivity contribution in [2.24, 2.45) is 11.7 Å². The molecule has 1 fully saturated rings. The van der Waals surface area contributed by atoms with E-state index >= 15 is 0 Å². The first-order chi connectivity index (χ1) is 13.4. The second kappa shape index (κ2) is 9.90. The maximum absolute atomic E-state index is 12.9. The maximum atomic E-state index is 12.9. The largest absolute Gasteiger partial charge is 0.341 e. The molecule has 1 heterocycles. The van der Waals surface area contributed by atoms with Crippen LogP contribution in [0.4, 0.5) is 0 Å². The van der Waals surface area contributed by atoms with Crippen molar-refractivity contribution < 1.29 is 9.59 Å². The molecular formula is C23H30ClN3O2. The molecule has 2 atom stereocenters. The van der Waals surface area contributed by atoms with Crippen molar-refractivity contribution in [2.75, 3.05) is 20.1 Å². The topological polar surface area (TPSA) is 66.6 Å². The van der Waals surface area contributed by atoms with Crippen LogP contribution in [-0.2, 0) is 11.3 Å². The van der Waals surface area contributed by atoms with Crippen LogP contribution < -0.4 is 5.73 Å². The van der Waals surface area contributed by atoms with E-state index in [1.165, 1.54) is 5.56 Å². The number of hydrogen-bond acceptors (Lipinski definition) is 3. The number of likely N-dealkylation sites (tertiary alicyclic amines) is 1. The van der Waals surface area contributed by atoms with Crippen LogP contribution in [0.3, 0.4) is 0 Å². The zero-order chi connectivity index (χ0) is 20.3. The molecule has 3 rings (SSSR count). The zero-order valence-electron chi connectivity index (χ0n) is 17.2. The number of carbonyl (C=O) groups excluding carboxylic acids is 2. The number of rotatable bonds is 5. The van der Waals surface area contributed by atoms with E-state index in [1.807, 2.05) is 61.2 Å². The molecule has 1 saturated heterocycles. The molecule has 0 saturated carbocycles. The lowest BCUT2D eigenvalue weighted by Crippen LogP contribution is -2.32. The van der Waals surface area contributed by atoms with Gasteiger partial charge in [-0.1, -0.05) is 56.3 Å². The summed E-state index contributed by atoms with van der Waals surface area (Å²) in [5, 5.41) is 0. The van der Waals surface area contributed by atoms with Crippen LogP contribution in [0.25, 0.3) is 0 Å². The molecule has 0 aliphatic carbocycles. The molecule has 1 aliphatic rings. The van der Waals surface area contributed by atoms with Crippen molar-refractivity contribution in [3.05, 3.63) is 71.3 Å². The summed E-state index contributed by atoms with van der Waals surface area (Å²) in [6.45, 7) is 5.52. The fraction of sp³-hybridized carbons (Fsp3) is 0.391. The molecule has 2 aromatic carbocycles. The van der Waals surface area contributed by atoms with Gasteiger partial charge in [-0.05, 0) is 23.3 Å². The number of hydrogen-bond donors (Lipinski definition) is 1. The highest BCUT2D eigenvalue weighted by molar-refractivity contribution is 5.94. The fourth-order valence-electron chi connectivity index (χ4n) is 3.78. The second-order valence-electron chi connectivity index (χ2n) is 7.94. The Morgan fingerprint density at radius 3 is 2.28 bits per heavy atom. The van der Waals surface area contributed by atoms with Crippen molar-refractivity contribution in [1.82, 2.24) is 9.80 Å². The molecule has 0 unspecified atom stereocenters. The van der Waals surface area contributed by atoms with Crippen LogP contribution in [0.2, 0.25) is 0 Å². The Labute approximate surface area is 179 Å². The number of benzene rings is 2. The van der Waals surface area contributed by atoms with E-state index in [4.69, 9.17) is 5.73 Å². The molecular weight excluding hydrogens is 386 g/mol. The molecule has 2 N–H and O–H groups in total. The summed E-state index contributed by atoms with van der Waals surface area (Å²) in [4.78, 5) is 28.5. The Kier molecular flexibility index (Phi) is 7.82. The van der Waals surface area contributed by atoms with Gasteiger partial charge in [0.25, 0.3) is 5.91 Å². The van der Waals surface area contributed by atoms with Crippen molar-refractivity contribution in [3.8, 4) is 0 Å². The van der Waals surface area contributed by atoms with Gasteiger partial charge in [-0.15, -0.1) is 12.4 Å². The predicted octanol–water partition coefficient (Wildman–Crippen LogP) is 3.29. The number of nitrogens with two attached hydrogens (primary N) is 1. The Hall–Kier alpha value is -2.37. The summed E-state index contributed by atoms with van der Waals surface area (Å²) < 4.78 is 0. The van der Waals surface area contributed by atoms with Crippen molar-refractivity contribution in [3.63, 3.8) is 0 Å². The minimum Gasteiger partial charge on any atom is -0.341 e. The second-order valence-corrected chi connectivity index (χ2v) is 7.94. The summed E-state index contributed by atoms with van der Waals surface area (Å²) in [6.07, 6.45) is 0. The molecule has 6 heteroatoms. The van der Waals surface area contributed by atoms with Crippen LogP contribution in [0.1, 0.15) is 41.3 Å². The third-order valence-corrected chi connectivity index (χ3v) is 5.37. The lowest BCUT2D eigenvalue weighted by atomic mass is 9.95. The Bertz CT molecular complexity index is 824. The smallest absolute Gasteiger partial charge is 0.253 e. The van der Waals surface area contributed by atoms with E-state index in [-0.39, 0.29) is 42.1 Å². The summed E-state index contributed by atoms with van der Waals surface area (Å²) in [7, 11) is 1.80. The average molecular weight is 416 g/mol. The molecule has 29 heavy (non-hydrogen) atoms.